The van der Waals surface area contributed by atoms with Gasteiger partial charge < -0.3 is 14.8 Å². The summed E-state index contributed by atoms with van der Waals surface area (Å²) in [7, 11) is 0. The second-order valence-electron chi connectivity index (χ2n) is 9.46. The van der Waals surface area contributed by atoms with Crippen molar-refractivity contribution in [2.75, 3.05) is 5.32 Å². The molecule has 0 fully saturated rings. The van der Waals surface area contributed by atoms with Crippen molar-refractivity contribution in [3.8, 4) is 11.5 Å². The molecule has 0 saturated heterocycles. The van der Waals surface area contributed by atoms with Crippen LogP contribution in [0.15, 0.2) is 97.2 Å². The lowest BCUT2D eigenvalue weighted by molar-refractivity contribution is 0.194. The van der Waals surface area contributed by atoms with E-state index in [4.69, 9.17) is 5.10 Å². The van der Waals surface area contributed by atoms with Crippen molar-refractivity contribution < 1.29 is 9.18 Å². The van der Waals surface area contributed by atoms with E-state index in [0.717, 1.165) is 51.7 Å². The van der Waals surface area contributed by atoms with E-state index < -0.39 is 6.04 Å². The third-order valence-electron chi connectivity index (χ3n) is 7.17. The van der Waals surface area contributed by atoms with Crippen LogP contribution in [0.25, 0.3) is 11.5 Å². The minimum atomic E-state index is -0.449. The Labute approximate surface area is 221 Å². The van der Waals surface area contributed by atoms with Crippen LogP contribution in [0.4, 0.5) is 14.9 Å². The molecule has 6 nitrogen and oxygen atoms in total. The molecule has 1 aliphatic heterocycles. The first-order valence-corrected chi connectivity index (χ1v) is 12.8. The van der Waals surface area contributed by atoms with Gasteiger partial charge in [-0.05, 0) is 66.9 Å². The zero-order valence-electron chi connectivity index (χ0n) is 21.3. The number of rotatable bonds is 4. The number of carbonyl (C=O) groups is 1. The number of aryl methyl sites for hydroxylation is 2. The van der Waals surface area contributed by atoms with Crippen molar-refractivity contribution >= 4 is 11.7 Å². The number of aromatic nitrogens is 3. The highest BCUT2D eigenvalue weighted by atomic mass is 19.1. The van der Waals surface area contributed by atoms with E-state index >= 15 is 0 Å². The molecular weight excluding hydrogens is 477 g/mol. The quantitative estimate of drug-likeness (QED) is 0.292. The number of benzene rings is 3. The van der Waals surface area contributed by atoms with E-state index in [1.807, 2.05) is 89.4 Å². The van der Waals surface area contributed by atoms with E-state index in [0.29, 0.717) is 6.54 Å². The number of fused-ring (bicyclic) bond motifs is 3. The van der Waals surface area contributed by atoms with Gasteiger partial charge in [0.15, 0.2) is 0 Å². The highest BCUT2D eigenvalue weighted by molar-refractivity contribution is 5.91. The van der Waals surface area contributed by atoms with Crippen LogP contribution >= 0.6 is 0 Å². The highest BCUT2D eigenvalue weighted by Crippen LogP contribution is 2.39. The molecule has 3 aromatic carbocycles. The molecule has 0 radical (unpaired) electrons. The molecular formula is C31H28FN5O. The molecule has 0 aliphatic carbocycles. The first-order chi connectivity index (χ1) is 18.5. The summed E-state index contributed by atoms with van der Waals surface area (Å²) in [4.78, 5) is 15.9. The van der Waals surface area contributed by atoms with Gasteiger partial charge in [-0.25, -0.2) is 13.9 Å². The number of hydrogen-bond acceptors (Lipinski definition) is 2. The second kappa shape index (κ2) is 9.67. The van der Waals surface area contributed by atoms with Crippen molar-refractivity contribution in [2.45, 2.75) is 32.9 Å². The number of nitrogens with one attached hydrogen (secondary N) is 1. The average Bonchev–Trinajstić information content (AvgIpc) is 3.50. The van der Waals surface area contributed by atoms with Gasteiger partial charge in [0, 0.05) is 17.4 Å². The fourth-order valence-corrected chi connectivity index (χ4v) is 5.28. The minimum Gasteiger partial charge on any atom is -0.308 e. The Hall–Kier alpha value is -4.65. The van der Waals surface area contributed by atoms with Crippen LogP contribution in [0.1, 0.15) is 41.0 Å². The fraction of sp³-hybridized carbons (Fsp3) is 0.161. The van der Waals surface area contributed by atoms with Gasteiger partial charge in [-0.3, -0.25) is 0 Å². The summed E-state index contributed by atoms with van der Waals surface area (Å²) < 4.78 is 18.0. The van der Waals surface area contributed by atoms with Gasteiger partial charge >= 0.3 is 6.03 Å². The number of amides is 2. The first kappa shape index (κ1) is 23.7. The molecule has 0 unspecified atom stereocenters. The molecule has 5 aromatic rings. The van der Waals surface area contributed by atoms with E-state index in [9.17, 15) is 9.18 Å². The summed E-state index contributed by atoms with van der Waals surface area (Å²) >= 11 is 0. The molecule has 2 aromatic heterocycles. The number of para-hydroxylation sites is 2. The fourth-order valence-electron chi connectivity index (χ4n) is 5.28. The summed E-state index contributed by atoms with van der Waals surface area (Å²) in [6.07, 6.45) is 2.80. The Morgan fingerprint density at radius 3 is 2.47 bits per heavy atom. The average molecular weight is 506 g/mol. The molecule has 1 aliphatic rings. The Morgan fingerprint density at radius 1 is 0.974 bits per heavy atom. The predicted octanol–water partition coefficient (Wildman–Crippen LogP) is 6.81. The SMILES string of the molecule is CCc1ccccc1NC(=O)N1Cc2c(C)nn(-c3ccccc3)c2-n2cccc2[C@@H]1c1ccc(F)cc1. The van der Waals surface area contributed by atoms with Crippen LogP contribution in [0.5, 0.6) is 0 Å². The lowest BCUT2D eigenvalue weighted by Gasteiger charge is -2.31. The molecule has 7 heteroatoms. The molecule has 1 N–H and O–H groups in total. The third kappa shape index (κ3) is 4.06. The Morgan fingerprint density at radius 2 is 1.71 bits per heavy atom. The van der Waals surface area contributed by atoms with Crippen LogP contribution in [0.2, 0.25) is 0 Å². The summed E-state index contributed by atoms with van der Waals surface area (Å²) in [5.74, 6) is 0.578. The van der Waals surface area contributed by atoms with Gasteiger partial charge in [0.25, 0.3) is 0 Å². The highest BCUT2D eigenvalue weighted by Gasteiger charge is 2.36. The Kier molecular flexibility index (Phi) is 6.04. The maximum atomic E-state index is 14.1. The molecule has 2 amide bonds. The van der Waals surface area contributed by atoms with Crippen molar-refractivity contribution in [3.63, 3.8) is 0 Å². The molecule has 0 spiro atoms. The van der Waals surface area contributed by atoms with E-state index in [1.165, 1.54) is 12.1 Å². The number of hydrogen-bond donors (Lipinski definition) is 1. The van der Waals surface area contributed by atoms with E-state index in [-0.39, 0.29) is 11.8 Å². The molecule has 6 rings (SSSR count). The van der Waals surface area contributed by atoms with Crippen molar-refractivity contribution in [1.82, 2.24) is 19.2 Å². The number of nitrogens with zero attached hydrogens (tertiary/aromatic N) is 4. The molecule has 3 heterocycles. The van der Waals surface area contributed by atoms with E-state index in [1.54, 1.807) is 12.1 Å². The van der Waals surface area contributed by atoms with Crippen LogP contribution in [-0.2, 0) is 13.0 Å². The lowest BCUT2D eigenvalue weighted by Crippen LogP contribution is -2.38. The monoisotopic (exact) mass is 505 g/mol. The van der Waals surface area contributed by atoms with Gasteiger partial charge in [0.2, 0.25) is 0 Å². The lowest BCUT2D eigenvalue weighted by atomic mass is 10.0. The zero-order chi connectivity index (χ0) is 26.2. The van der Waals surface area contributed by atoms with Gasteiger partial charge in [-0.1, -0.05) is 55.5 Å². The number of anilines is 1. The normalized spacial score (nSPS) is 14.5. The largest absolute Gasteiger partial charge is 0.322 e. The molecule has 1 atom stereocenters. The Balaban J connectivity index is 1.53. The molecule has 190 valence electrons. The number of carbonyl (C=O) groups excluding carboxylic acids is 1. The number of halogens is 1. The zero-order valence-corrected chi connectivity index (χ0v) is 21.3. The smallest absolute Gasteiger partial charge is 0.308 e. The summed E-state index contributed by atoms with van der Waals surface area (Å²) in [6.45, 7) is 4.37. The first-order valence-electron chi connectivity index (χ1n) is 12.8. The van der Waals surface area contributed by atoms with Crippen LogP contribution in [0, 0.1) is 12.7 Å². The van der Waals surface area contributed by atoms with Crippen LogP contribution < -0.4 is 5.32 Å². The van der Waals surface area contributed by atoms with E-state index in [2.05, 4.69) is 16.8 Å². The predicted molar refractivity (Wildman–Crippen MR) is 146 cm³/mol. The molecule has 0 saturated carbocycles. The number of urea groups is 1. The van der Waals surface area contributed by atoms with Crippen LogP contribution in [-0.4, -0.2) is 25.3 Å². The molecule has 0 bridgehead atoms. The molecule has 38 heavy (non-hydrogen) atoms. The van der Waals surface area contributed by atoms with Crippen molar-refractivity contribution in [2.24, 2.45) is 0 Å². The topological polar surface area (TPSA) is 55.1 Å². The summed E-state index contributed by atoms with van der Waals surface area (Å²) in [5.41, 5.74) is 6.30. The summed E-state index contributed by atoms with van der Waals surface area (Å²) in [5, 5.41) is 8.04. The van der Waals surface area contributed by atoms with Gasteiger partial charge in [-0.2, -0.15) is 5.10 Å². The van der Waals surface area contributed by atoms with Crippen LogP contribution in [0.3, 0.4) is 0 Å². The van der Waals surface area contributed by atoms with Gasteiger partial charge in [0.1, 0.15) is 11.6 Å². The Bertz CT molecular complexity index is 1600. The minimum absolute atomic E-state index is 0.229. The maximum Gasteiger partial charge on any atom is 0.322 e. The summed E-state index contributed by atoms with van der Waals surface area (Å²) in [6, 6.07) is 27.5. The van der Waals surface area contributed by atoms with Gasteiger partial charge in [0.05, 0.1) is 29.7 Å². The maximum absolute atomic E-state index is 14.1. The van der Waals surface area contributed by atoms with Gasteiger partial charge in [-0.15, -0.1) is 0 Å². The third-order valence-corrected chi connectivity index (χ3v) is 7.17. The van der Waals surface area contributed by atoms with Crippen molar-refractivity contribution in [3.05, 3.63) is 131 Å². The second-order valence-corrected chi connectivity index (χ2v) is 9.46. The van der Waals surface area contributed by atoms with Crippen molar-refractivity contribution in [1.29, 1.82) is 0 Å². The standard InChI is InChI=1S/C31H28FN5O/c1-3-22-10-7-8-13-27(22)33-31(38)36-20-26-21(2)34-37(25-11-5-4-6-12-25)30(26)35-19-9-14-28(35)29(36)23-15-17-24(32)18-16-23/h4-19,29H,3,20H2,1-2H3,(H,33,38)/t29-/m0/s1.